The Kier molecular flexibility index (Phi) is 5.48. The quantitative estimate of drug-likeness (QED) is 0.695. The molecular weight excluding hydrogens is 374 g/mol. The van der Waals surface area contributed by atoms with Crippen LogP contribution in [0.25, 0.3) is 11.3 Å². The fourth-order valence-corrected chi connectivity index (χ4v) is 4.02. The van der Waals surface area contributed by atoms with Crippen molar-refractivity contribution < 1.29 is 9.59 Å². The van der Waals surface area contributed by atoms with Gasteiger partial charge in [0.1, 0.15) is 5.69 Å². The Hall–Kier alpha value is -3.00. The molecule has 2 N–H and O–H groups in total. The topological polar surface area (TPSA) is 91.0 Å². The molecule has 0 saturated carbocycles. The van der Waals surface area contributed by atoms with E-state index in [0.29, 0.717) is 31.0 Å². The van der Waals surface area contributed by atoms with E-state index in [0.717, 1.165) is 23.3 Å². The van der Waals surface area contributed by atoms with Gasteiger partial charge in [-0.2, -0.15) is 5.10 Å². The van der Waals surface area contributed by atoms with Crippen molar-refractivity contribution in [2.75, 3.05) is 13.1 Å². The summed E-state index contributed by atoms with van der Waals surface area (Å²) in [5.74, 6) is -0.295. The standard InChI is InChI=1S/C20H21N5O2S/c26-19(22-12-16-4-2-10-28-16)15-3-1-9-25(13-15)20(27)18-11-17(23-24-18)14-5-7-21-8-6-14/h2,4-8,10-11,15H,1,3,9,12-13H2,(H,22,26)(H,23,24). The fraction of sp³-hybridized carbons (Fsp3) is 0.300. The van der Waals surface area contributed by atoms with Gasteiger partial charge in [-0.05, 0) is 42.5 Å². The number of hydrogen-bond donors (Lipinski definition) is 2. The average Bonchev–Trinajstić information content (AvgIpc) is 3.44. The van der Waals surface area contributed by atoms with Crippen molar-refractivity contribution in [2.45, 2.75) is 19.4 Å². The minimum absolute atomic E-state index is 0.00739. The zero-order valence-electron chi connectivity index (χ0n) is 15.3. The van der Waals surface area contributed by atoms with Crippen LogP contribution in [0.1, 0.15) is 28.2 Å². The molecule has 0 aromatic carbocycles. The van der Waals surface area contributed by atoms with E-state index < -0.39 is 0 Å². The van der Waals surface area contributed by atoms with Gasteiger partial charge in [0, 0.05) is 35.9 Å². The van der Waals surface area contributed by atoms with Crippen LogP contribution >= 0.6 is 11.3 Å². The van der Waals surface area contributed by atoms with Crippen LogP contribution in [0.15, 0.2) is 48.1 Å². The summed E-state index contributed by atoms with van der Waals surface area (Å²) in [7, 11) is 0. The summed E-state index contributed by atoms with van der Waals surface area (Å²) in [4.78, 5) is 32.2. The maximum absolute atomic E-state index is 12.9. The molecule has 0 bridgehead atoms. The number of likely N-dealkylation sites (tertiary alicyclic amines) is 1. The van der Waals surface area contributed by atoms with E-state index in [9.17, 15) is 9.59 Å². The maximum Gasteiger partial charge on any atom is 0.271 e. The number of rotatable bonds is 5. The zero-order valence-corrected chi connectivity index (χ0v) is 16.1. The van der Waals surface area contributed by atoms with E-state index in [1.54, 1.807) is 34.7 Å². The number of thiophene rings is 1. The number of hydrogen-bond acceptors (Lipinski definition) is 5. The van der Waals surface area contributed by atoms with Gasteiger partial charge in [-0.1, -0.05) is 6.07 Å². The Morgan fingerprint density at radius 2 is 2.14 bits per heavy atom. The number of aromatic amines is 1. The van der Waals surface area contributed by atoms with Gasteiger partial charge < -0.3 is 10.2 Å². The van der Waals surface area contributed by atoms with E-state index in [-0.39, 0.29) is 17.7 Å². The number of amides is 2. The maximum atomic E-state index is 12.9. The van der Waals surface area contributed by atoms with Crippen LogP contribution in [0.4, 0.5) is 0 Å². The molecule has 7 nitrogen and oxygen atoms in total. The lowest BCUT2D eigenvalue weighted by atomic mass is 9.97. The van der Waals surface area contributed by atoms with Crippen molar-refractivity contribution in [3.8, 4) is 11.3 Å². The van der Waals surface area contributed by atoms with Crippen molar-refractivity contribution in [3.63, 3.8) is 0 Å². The number of aromatic nitrogens is 3. The van der Waals surface area contributed by atoms with Crippen LogP contribution < -0.4 is 5.32 Å². The first-order valence-electron chi connectivity index (χ1n) is 9.26. The van der Waals surface area contributed by atoms with E-state index in [1.165, 1.54) is 0 Å². The monoisotopic (exact) mass is 395 g/mol. The van der Waals surface area contributed by atoms with Crippen LogP contribution in [-0.4, -0.2) is 45.0 Å². The Labute approximate surface area is 166 Å². The number of piperidine rings is 1. The molecule has 28 heavy (non-hydrogen) atoms. The molecule has 1 unspecified atom stereocenters. The normalized spacial score (nSPS) is 16.7. The lowest BCUT2D eigenvalue weighted by Crippen LogP contribution is -2.45. The highest BCUT2D eigenvalue weighted by atomic mass is 32.1. The van der Waals surface area contributed by atoms with Gasteiger partial charge in [-0.3, -0.25) is 19.7 Å². The van der Waals surface area contributed by atoms with Crippen LogP contribution in [0.5, 0.6) is 0 Å². The smallest absolute Gasteiger partial charge is 0.271 e. The SMILES string of the molecule is O=C(NCc1cccs1)C1CCCN(C(=O)c2cc(-c3ccncc3)n[nH]2)C1. The molecule has 2 amide bonds. The Balaban J connectivity index is 1.38. The van der Waals surface area contributed by atoms with Gasteiger partial charge in [-0.25, -0.2) is 0 Å². The lowest BCUT2D eigenvalue weighted by molar-refractivity contribution is -0.126. The number of nitrogens with zero attached hydrogens (tertiary/aromatic N) is 3. The molecule has 8 heteroatoms. The highest BCUT2D eigenvalue weighted by Gasteiger charge is 2.29. The van der Waals surface area contributed by atoms with E-state index in [4.69, 9.17) is 0 Å². The number of pyridine rings is 1. The molecular formula is C20H21N5O2S. The Morgan fingerprint density at radius 1 is 1.29 bits per heavy atom. The van der Waals surface area contributed by atoms with Gasteiger partial charge in [0.25, 0.3) is 5.91 Å². The van der Waals surface area contributed by atoms with Crippen LogP contribution in [0.3, 0.4) is 0 Å². The molecule has 4 heterocycles. The second-order valence-corrected chi connectivity index (χ2v) is 7.82. The van der Waals surface area contributed by atoms with E-state index in [2.05, 4.69) is 20.5 Å². The molecule has 0 aliphatic carbocycles. The number of nitrogens with one attached hydrogen (secondary N) is 2. The summed E-state index contributed by atoms with van der Waals surface area (Å²) in [5.41, 5.74) is 2.04. The van der Waals surface area contributed by atoms with Crippen molar-refractivity contribution in [2.24, 2.45) is 5.92 Å². The minimum atomic E-state index is -0.180. The lowest BCUT2D eigenvalue weighted by Gasteiger charge is -2.31. The summed E-state index contributed by atoms with van der Waals surface area (Å²) in [6, 6.07) is 9.41. The van der Waals surface area contributed by atoms with E-state index >= 15 is 0 Å². The molecule has 1 saturated heterocycles. The molecule has 4 rings (SSSR count). The first kappa shape index (κ1) is 18.4. The van der Waals surface area contributed by atoms with Crippen molar-refractivity contribution in [1.82, 2.24) is 25.4 Å². The number of H-pyrrole nitrogens is 1. The highest BCUT2D eigenvalue weighted by molar-refractivity contribution is 7.09. The molecule has 0 radical (unpaired) electrons. The zero-order chi connectivity index (χ0) is 19.3. The third kappa shape index (κ3) is 4.12. The molecule has 1 aliphatic heterocycles. The molecule has 144 valence electrons. The van der Waals surface area contributed by atoms with Crippen molar-refractivity contribution in [3.05, 3.63) is 58.7 Å². The number of carbonyl (C=O) groups excluding carboxylic acids is 2. The molecule has 1 atom stereocenters. The average molecular weight is 395 g/mol. The minimum Gasteiger partial charge on any atom is -0.351 e. The predicted molar refractivity (Wildman–Crippen MR) is 107 cm³/mol. The summed E-state index contributed by atoms with van der Waals surface area (Å²) in [6.07, 6.45) is 4.99. The molecule has 3 aromatic heterocycles. The second kappa shape index (κ2) is 8.35. The first-order chi connectivity index (χ1) is 13.7. The van der Waals surface area contributed by atoms with Gasteiger partial charge >= 0.3 is 0 Å². The summed E-state index contributed by atoms with van der Waals surface area (Å²) in [6.45, 7) is 1.62. The molecule has 0 spiro atoms. The van der Waals surface area contributed by atoms with Gasteiger partial charge in [0.2, 0.25) is 5.91 Å². The van der Waals surface area contributed by atoms with Gasteiger partial charge in [0.05, 0.1) is 18.2 Å². The van der Waals surface area contributed by atoms with Crippen molar-refractivity contribution in [1.29, 1.82) is 0 Å². The second-order valence-electron chi connectivity index (χ2n) is 6.79. The van der Waals surface area contributed by atoms with Gasteiger partial charge in [0.15, 0.2) is 0 Å². The summed E-state index contributed by atoms with van der Waals surface area (Å²) >= 11 is 1.62. The third-order valence-corrected chi connectivity index (χ3v) is 5.76. The predicted octanol–water partition coefficient (Wildman–Crippen LogP) is 2.70. The highest BCUT2D eigenvalue weighted by Crippen LogP contribution is 2.21. The van der Waals surface area contributed by atoms with E-state index in [1.807, 2.05) is 29.6 Å². The number of carbonyl (C=O) groups is 2. The fourth-order valence-electron chi connectivity index (χ4n) is 3.38. The first-order valence-corrected chi connectivity index (χ1v) is 10.1. The van der Waals surface area contributed by atoms with Crippen LogP contribution in [0.2, 0.25) is 0 Å². The molecule has 1 fully saturated rings. The van der Waals surface area contributed by atoms with Crippen LogP contribution in [-0.2, 0) is 11.3 Å². The Bertz CT molecular complexity index is 939. The third-order valence-electron chi connectivity index (χ3n) is 4.88. The molecule has 3 aromatic rings. The van der Waals surface area contributed by atoms with Gasteiger partial charge in [-0.15, -0.1) is 11.3 Å². The largest absolute Gasteiger partial charge is 0.351 e. The molecule has 1 aliphatic rings. The van der Waals surface area contributed by atoms with Crippen molar-refractivity contribution >= 4 is 23.2 Å². The summed E-state index contributed by atoms with van der Waals surface area (Å²) in [5, 5.41) is 12.0. The summed E-state index contributed by atoms with van der Waals surface area (Å²) < 4.78 is 0. The van der Waals surface area contributed by atoms with Crippen LogP contribution in [0, 0.1) is 5.92 Å². The Morgan fingerprint density at radius 3 is 2.93 bits per heavy atom.